The molecule has 102 valence electrons. The molecule has 0 bridgehead atoms. The maximum Gasteiger partial charge on any atom is 0.119 e. The highest BCUT2D eigenvalue weighted by Gasteiger charge is 2.07. The van der Waals surface area contributed by atoms with E-state index in [2.05, 4.69) is 9.97 Å². The van der Waals surface area contributed by atoms with Crippen LogP contribution in [-0.2, 0) is 12.8 Å². The van der Waals surface area contributed by atoms with Gasteiger partial charge in [-0.25, -0.2) is 4.98 Å². The molecule has 0 saturated heterocycles. The largest absolute Gasteiger partial charge is 0.494 e. The number of H-pyrrole nitrogens is 1. The Balaban J connectivity index is 1.78. The standard InChI is InChI=1S/C15H20N2O2/c1-2-19-14-7-4-12(5-8-14)3-6-13(18)11-15-16-9-10-17-15/h4-5,7-10,13,18H,2-3,6,11H2,1H3,(H,16,17). The van der Waals surface area contributed by atoms with Crippen molar-refractivity contribution >= 4 is 0 Å². The van der Waals surface area contributed by atoms with E-state index in [1.807, 2.05) is 31.2 Å². The third kappa shape index (κ3) is 4.41. The van der Waals surface area contributed by atoms with Gasteiger partial charge < -0.3 is 14.8 Å². The van der Waals surface area contributed by atoms with Crippen LogP contribution in [0.3, 0.4) is 0 Å². The van der Waals surface area contributed by atoms with Gasteiger partial charge in [0.05, 0.1) is 12.7 Å². The zero-order chi connectivity index (χ0) is 13.5. The molecule has 19 heavy (non-hydrogen) atoms. The Morgan fingerprint density at radius 2 is 2.11 bits per heavy atom. The summed E-state index contributed by atoms with van der Waals surface area (Å²) in [6, 6.07) is 8.03. The van der Waals surface area contributed by atoms with Crippen LogP contribution >= 0.6 is 0 Å². The monoisotopic (exact) mass is 260 g/mol. The number of ether oxygens (including phenoxy) is 1. The summed E-state index contributed by atoms with van der Waals surface area (Å²) in [4.78, 5) is 7.11. The molecule has 2 aromatic rings. The summed E-state index contributed by atoms with van der Waals surface area (Å²) in [5, 5.41) is 9.94. The molecule has 1 aromatic heterocycles. The molecule has 0 spiro atoms. The molecule has 1 heterocycles. The Bertz CT molecular complexity index is 465. The van der Waals surface area contributed by atoms with E-state index < -0.39 is 0 Å². The lowest BCUT2D eigenvalue weighted by atomic mass is 10.0. The summed E-state index contributed by atoms with van der Waals surface area (Å²) in [5.74, 6) is 1.72. The lowest BCUT2D eigenvalue weighted by Crippen LogP contribution is -2.12. The van der Waals surface area contributed by atoms with Gasteiger partial charge >= 0.3 is 0 Å². The van der Waals surface area contributed by atoms with Crippen LogP contribution in [0.2, 0.25) is 0 Å². The van der Waals surface area contributed by atoms with E-state index in [4.69, 9.17) is 4.74 Å². The van der Waals surface area contributed by atoms with Crippen LogP contribution < -0.4 is 4.74 Å². The van der Waals surface area contributed by atoms with Crippen LogP contribution in [0.25, 0.3) is 0 Å². The van der Waals surface area contributed by atoms with Crippen LogP contribution in [-0.4, -0.2) is 27.8 Å². The predicted octanol–water partition coefficient (Wildman–Crippen LogP) is 2.34. The topological polar surface area (TPSA) is 58.1 Å². The van der Waals surface area contributed by atoms with E-state index in [0.29, 0.717) is 13.0 Å². The minimum Gasteiger partial charge on any atom is -0.494 e. The summed E-state index contributed by atoms with van der Waals surface area (Å²) >= 11 is 0. The first-order valence-corrected chi connectivity index (χ1v) is 6.66. The minimum atomic E-state index is -0.363. The molecule has 0 amide bonds. The lowest BCUT2D eigenvalue weighted by Gasteiger charge is -2.09. The fraction of sp³-hybridized carbons (Fsp3) is 0.400. The Morgan fingerprint density at radius 3 is 2.74 bits per heavy atom. The molecule has 1 unspecified atom stereocenters. The number of aromatic amines is 1. The average molecular weight is 260 g/mol. The first-order valence-electron chi connectivity index (χ1n) is 6.66. The van der Waals surface area contributed by atoms with E-state index >= 15 is 0 Å². The van der Waals surface area contributed by atoms with Gasteiger partial charge in [0.2, 0.25) is 0 Å². The molecule has 1 aromatic carbocycles. The predicted molar refractivity (Wildman–Crippen MR) is 74.2 cm³/mol. The molecule has 1 atom stereocenters. The molecule has 0 aliphatic carbocycles. The number of hydrogen-bond acceptors (Lipinski definition) is 3. The molecular formula is C15H20N2O2. The zero-order valence-corrected chi connectivity index (χ0v) is 11.2. The zero-order valence-electron chi connectivity index (χ0n) is 11.2. The number of rotatable bonds is 7. The molecule has 4 nitrogen and oxygen atoms in total. The SMILES string of the molecule is CCOc1ccc(CCC(O)Cc2ncc[nH]2)cc1. The van der Waals surface area contributed by atoms with Crippen LogP contribution in [0.4, 0.5) is 0 Å². The molecular weight excluding hydrogens is 240 g/mol. The Morgan fingerprint density at radius 1 is 1.32 bits per heavy atom. The van der Waals surface area contributed by atoms with Crippen molar-refractivity contribution in [3.05, 3.63) is 48.0 Å². The van der Waals surface area contributed by atoms with Crippen molar-refractivity contribution in [2.24, 2.45) is 0 Å². The Hall–Kier alpha value is -1.81. The van der Waals surface area contributed by atoms with Crippen molar-refractivity contribution in [1.82, 2.24) is 9.97 Å². The average Bonchev–Trinajstić information content (AvgIpc) is 2.91. The maximum atomic E-state index is 9.94. The van der Waals surface area contributed by atoms with Gasteiger partial charge in [0, 0.05) is 18.8 Å². The highest BCUT2D eigenvalue weighted by atomic mass is 16.5. The third-order valence-corrected chi connectivity index (χ3v) is 2.98. The van der Waals surface area contributed by atoms with Gasteiger partial charge in [0.25, 0.3) is 0 Å². The van der Waals surface area contributed by atoms with Crippen LogP contribution in [0.15, 0.2) is 36.7 Å². The minimum absolute atomic E-state index is 0.363. The molecule has 4 heteroatoms. The number of nitrogens with one attached hydrogen (secondary N) is 1. The summed E-state index contributed by atoms with van der Waals surface area (Å²) in [5.41, 5.74) is 1.21. The number of hydrogen-bond donors (Lipinski definition) is 2. The van der Waals surface area contributed by atoms with Crippen molar-refractivity contribution in [2.75, 3.05) is 6.61 Å². The fourth-order valence-electron chi connectivity index (χ4n) is 1.99. The third-order valence-electron chi connectivity index (χ3n) is 2.98. The number of nitrogens with zero attached hydrogens (tertiary/aromatic N) is 1. The molecule has 0 radical (unpaired) electrons. The second kappa shape index (κ2) is 6.95. The number of aliphatic hydroxyl groups excluding tert-OH is 1. The van der Waals surface area contributed by atoms with Crippen molar-refractivity contribution in [3.8, 4) is 5.75 Å². The van der Waals surface area contributed by atoms with Gasteiger partial charge in [-0.15, -0.1) is 0 Å². The summed E-state index contributed by atoms with van der Waals surface area (Å²) in [6.45, 7) is 2.65. The molecule has 0 saturated carbocycles. The van der Waals surface area contributed by atoms with E-state index in [0.717, 1.165) is 24.4 Å². The van der Waals surface area contributed by atoms with Crippen molar-refractivity contribution in [2.45, 2.75) is 32.3 Å². The van der Waals surface area contributed by atoms with Gasteiger partial charge in [0.15, 0.2) is 0 Å². The second-order valence-electron chi connectivity index (χ2n) is 4.51. The van der Waals surface area contributed by atoms with Gasteiger partial charge in [-0.05, 0) is 37.5 Å². The maximum absolute atomic E-state index is 9.94. The van der Waals surface area contributed by atoms with Crippen molar-refractivity contribution in [3.63, 3.8) is 0 Å². The van der Waals surface area contributed by atoms with Gasteiger partial charge in [-0.1, -0.05) is 12.1 Å². The van der Waals surface area contributed by atoms with E-state index in [1.54, 1.807) is 12.4 Å². The van der Waals surface area contributed by atoms with E-state index in [1.165, 1.54) is 5.56 Å². The van der Waals surface area contributed by atoms with Crippen LogP contribution in [0.1, 0.15) is 24.7 Å². The number of aliphatic hydroxyl groups is 1. The summed E-state index contributed by atoms with van der Waals surface area (Å²) in [7, 11) is 0. The first kappa shape index (κ1) is 13.6. The highest BCUT2D eigenvalue weighted by molar-refractivity contribution is 5.27. The van der Waals surface area contributed by atoms with Crippen LogP contribution in [0, 0.1) is 0 Å². The smallest absolute Gasteiger partial charge is 0.119 e. The molecule has 0 aliphatic rings. The van der Waals surface area contributed by atoms with Gasteiger partial charge in [-0.2, -0.15) is 0 Å². The van der Waals surface area contributed by atoms with Crippen molar-refractivity contribution in [1.29, 1.82) is 0 Å². The summed E-state index contributed by atoms with van der Waals surface area (Å²) < 4.78 is 5.39. The molecule has 0 aliphatic heterocycles. The number of aromatic nitrogens is 2. The Kier molecular flexibility index (Phi) is 4.98. The van der Waals surface area contributed by atoms with Gasteiger partial charge in [0.1, 0.15) is 11.6 Å². The number of benzene rings is 1. The fourth-order valence-corrected chi connectivity index (χ4v) is 1.99. The quantitative estimate of drug-likeness (QED) is 0.803. The second-order valence-corrected chi connectivity index (χ2v) is 4.51. The lowest BCUT2D eigenvalue weighted by molar-refractivity contribution is 0.163. The number of imidazole rings is 1. The van der Waals surface area contributed by atoms with Gasteiger partial charge in [-0.3, -0.25) is 0 Å². The Labute approximate surface area is 113 Å². The molecule has 0 fully saturated rings. The molecule has 2 N–H and O–H groups in total. The normalized spacial score (nSPS) is 12.3. The van der Waals surface area contributed by atoms with Crippen LogP contribution in [0.5, 0.6) is 5.75 Å². The summed E-state index contributed by atoms with van der Waals surface area (Å²) in [6.07, 6.45) is 5.27. The highest BCUT2D eigenvalue weighted by Crippen LogP contribution is 2.14. The first-order chi connectivity index (χ1) is 9.28. The van der Waals surface area contributed by atoms with E-state index in [9.17, 15) is 5.11 Å². The number of aryl methyl sites for hydroxylation is 1. The van der Waals surface area contributed by atoms with E-state index in [-0.39, 0.29) is 6.10 Å². The van der Waals surface area contributed by atoms with Crippen molar-refractivity contribution < 1.29 is 9.84 Å². The molecule has 2 rings (SSSR count).